The number of sulfone groups is 1. The minimum atomic E-state index is -3.07. The van der Waals surface area contributed by atoms with Crippen molar-refractivity contribution in [1.29, 1.82) is 5.26 Å². The summed E-state index contributed by atoms with van der Waals surface area (Å²) in [7, 11) is -3.07. The number of nitrogens with zero attached hydrogens (tertiary/aromatic N) is 3. The maximum Gasteiger partial charge on any atom is 0.262 e. The Morgan fingerprint density at radius 2 is 2.09 bits per heavy atom. The van der Waals surface area contributed by atoms with Crippen LogP contribution in [0.3, 0.4) is 0 Å². The fraction of sp³-hybridized carbons (Fsp3) is 0.400. The highest BCUT2D eigenvalue weighted by atomic mass is 32.2. The number of thioether (sulfide) groups is 1. The molecule has 0 radical (unpaired) electrons. The van der Waals surface area contributed by atoms with Gasteiger partial charge in [0.25, 0.3) is 5.91 Å². The van der Waals surface area contributed by atoms with Crippen LogP contribution in [-0.2, 0) is 14.6 Å². The highest BCUT2D eigenvalue weighted by Gasteiger charge is 2.49. The molecule has 1 aromatic carbocycles. The molecule has 2 atom stereocenters. The number of aliphatic imine (C=N–C) groups is 1. The zero-order valence-electron chi connectivity index (χ0n) is 12.5. The van der Waals surface area contributed by atoms with Crippen molar-refractivity contribution in [2.24, 2.45) is 4.99 Å². The van der Waals surface area contributed by atoms with Crippen molar-refractivity contribution in [1.82, 2.24) is 0 Å². The van der Waals surface area contributed by atoms with Gasteiger partial charge in [-0.05, 0) is 19.1 Å². The van der Waals surface area contributed by atoms with Crippen molar-refractivity contribution in [3.63, 3.8) is 0 Å². The van der Waals surface area contributed by atoms with E-state index in [0.717, 1.165) is 11.3 Å². The summed E-state index contributed by atoms with van der Waals surface area (Å²) in [4.78, 5) is 17.6. The topological polar surface area (TPSA) is 90.6 Å². The van der Waals surface area contributed by atoms with Gasteiger partial charge in [-0.3, -0.25) is 4.79 Å². The van der Waals surface area contributed by atoms with E-state index in [-0.39, 0.29) is 29.2 Å². The SMILES string of the molecule is Cc1ccc(N2C(=NC(=O)CC#N)S[C@@H]3CS(=O)(=O)C[C@@H]32)cc1. The largest absolute Gasteiger partial charge is 0.316 e. The molecule has 0 bridgehead atoms. The summed E-state index contributed by atoms with van der Waals surface area (Å²) >= 11 is 1.31. The molecule has 8 heteroatoms. The quantitative estimate of drug-likeness (QED) is 0.804. The standard InChI is InChI=1S/C15H15N3O3S2/c1-10-2-4-11(5-3-10)18-12-8-23(20,21)9-13(12)22-15(18)17-14(19)6-7-16/h2-5,12-13H,6,8-9H2,1H3/t12-,13+/m0/s1. The molecule has 1 amide bonds. The van der Waals surface area contributed by atoms with Gasteiger partial charge in [-0.1, -0.05) is 29.5 Å². The van der Waals surface area contributed by atoms with E-state index < -0.39 is 15.7 Å². The van der Waals surface area contributed by atoms with Crippen LogP contribution in [0.4, 0.5) is 5.69 Å². The van der Waals surface area contributed by atoms with Gasteiger partial charge in [-0.15, -0.1) is 0 Å². The molecule has 2 fully saturated rings. The molecule has 0 aromatic heterocycles. The van der Waals surface area contributed by atoms with Crippen molar-refractivity contribution < 1.29 is 13.2 Å². The van der Waals surface area contributed by atoms with Crippen LogP contribution >= 0.6 is 11.8 Å². The number of carbonyl (C=O) groups excluding carboxylic acids is 1. The molecule has 120 valence electrons. The van der Waals surface area contributed by atoms with Gasteiger partial charge in [-0.25, -0.2) is 8.42 Å². The third-order valence-corrected chi connectivity index (χ3v) is 7.04. The monoisotopic (exact) mass is 349 g/mol. The molecule has 0 unspecified atom stereocenters. The van der Waals surface area contributed by atoms with Gasteiger partial charge in [0.1, 0.15) is 6.42 Å². The van der Waals surface area contributed by atoms with E-state index in [0.29, 0.717) is 5.17 Å². The van der Waals surface area contributed by atoms with Gasteiger partial charge in [0.2, 0.25) is 0 Å². The smallest absolute Gasteiger partial charge is 0.262 e. The highest BCUT2D eigenvalue weighted by Crippen LogP contribution is 2.40. The number of carbonyl (C=O) groups is 1. The van der Waals surface area contributed by atoms with Gasteiger partial charge >= 0.3 is 0 Å². The predicted octanol–water partition coefficient (Wildman–Crippen LogP) is 1.51. The van der Waals surface area contributed by atoms with Gasteiger partial charge in [-0.2, -0.15) is 10.3 Å². The van der Waals surface area contributed by atoms with Gasteiger partial charge < -0.3 is 4.90 Å². The van der Waals surface area contributed by atoms with E-state index in [1.165, 1.54) is 11.8 Å². The average Bonchev–Trinajstić information content (AvgIpc) is 2.91. The maximum atomic E-state index is 11.9. The molecular formula is C15H15N3O3S2. The van der Waals surface area contributed by atoms with E-state index in [1.54, 1.807) is 6.07 Å². The number of benzene rings is 1. The second kappa shape index (κ2) is 5.98. The lowest BCUT2D eigenvalue weighted by Crippen LogP contribution is -2.37. The third-order valence-electron chi connectivity index (χ3n) is 3.83. The fourth-order valence-corrected chi connectivity index (χ4v) is 6.72. The van der Waals surface area contributed by atoms with Crippen molar-refractivity contribution in [3.05, 3.63) is 29.8 Å². The van der Waals surface area contributed by atoms with Crippen LogP contribution in [0.1, 0.15) is 12.0 Å². The van der Waals surface area contributed by atoms with Crippen molar-refractivity contribution in [2.45, 2.75) is 24.6 Å². The van der Waals surface area contributed by atoms with Crippen LogP contribution in [0, 0.1) is 18.3 Å². The number of amides is 1. The number of nitriles is 1. The zero-order valence-corrected chi connectivity index (χ0v) is 14.1. The molecule has 6 nitrogen and oxygen atoms in total. The van der Waals surface area contributed by atoms with E-state index in [9.17, 15) is 13.2 Å². The lowest BCUT2D eigenvalue weighted by Gasteiger charge is -2.24. The van der Waals surface area contributed by atoms with Crippen molar-refractivity contribution >= 4 is 38.4 Å². The van der Waals surface area contributed by atoms with Crippen LogP contribution in [0.25, 0.3) is 0 Å². The maximum absolute atomic E-state index is 11.9. The Labute approximate surface area is 139 Å². The summed E-state index contributed by atoms with van der Waals surface area (Å²) in [5.41, 5.74) is 1.91. The number of aryl methyl sites for hydroxylation is 1. The summed E-state index contributed by atoms with van der Waals surface area (Å²) < 4.78 is 23.8. The molecule has 0 spiro atoms. The summed E-state index contributed by atoms with van der Waals surface area (Å²) in [6.07, 6.45) is -0.278. The first-order valence-electron chi connectivity index (χ1n) is 7.11. The number of anilines is 1. The van der Waals surface area contributed by atoms with Gasteiger partial charge in [0, 0.05) is 10.9 Å². The van der Waals surface area contributed by atoms with E-state index >= 15 is 0 Å². The first-order valence-corrected chi connectivity index (χ1v) is 9.81. The number of hydrogen-bond acceptors (Lipinski definition) is 5. The van der Waals surface area contributed by atoms with Crippen LogP contribution in [0.15, 0.2) is 29.3 Å². The van der Waals surface area contributed by atoms with E-state index in [2.05, 4.69) is 4.99 Å². The Balaban J connectivity index is 1.99. The summed E-state index contributed by atoms with van der Waals surface area (Å²) in [5, 5.41) is 8.97. The van der Waals surface area contributed by atoms with Crippen molar-refractivity contribution in [3.8, 4) is 6.07 Å². The molecule has 0 N–H and O–H groups in total. The molecule has 2 saturated heterocycles. The van der Waals surface area contributed by atoms with E-state index in [1.807, 2.05) is 36.1 Å². The van der Waals surface area contributed by atoms with Gasteiger partial charge in [0.05, 0.1) is 23.6 Å². The van der Waals surface area contributed by atoms with Crippen LogP contribution in [-0.4, -0.2) is 42.3 Å². The molecular weight excluding hydrogens is 334 g/mol. The lowest BCUT2D eigenvalue weighted by molar-refractivity contribution is -0.116. The summed E-state index contributed by atoms with van der Waals surface area (Å²) in [6.45, 7) is 1.97. The van der Waals surface area contributed by atoms with Crippen LogP contribution < -0.4 is 4.90 Å². The summed E-state index contributed by atoms with van der Waals surface area (Å²) in [5.74, 6) is -0.352. The molecule has 0 saturated carbocycles. The Kier molecular flexibility index (Phi) is 4.17. The first-order chi connectivity index (χ1) is 10.9. The number of hydrogen-bond donors (Lipinski definition) is 0. The Bertz CT molecular complexity index is 809. The van der Waals surface area contributed by atoms with Gasteiger partial charge in [0.15, 0.2) is 15.0 Å². The molecule has 23 heavy (non-hydrogen) atoms. The minimum absolute atomic E-state index is 0.0595. The fourth-order valence-electron chi connectivity index (χ4n) is 2.79. The molecule has 3 rings (SSSR count). The van der Waals surface area contributed by atoms with E-state index in [4.69, 9.17) is 5.26 Å². The van der Waals surface area contributed by atoms with Crippen LogP contribution in [0.2, 0.25) is 0 Å². The summed E-state index contributed by atoms with van der Waals surface area (Å²) in [6, 6.07) is 9.23. The molecule has 0 aliphatic carbocycles. The Morgan fingerprint density at radius 3 is 2.74 bits per heavy atom. The normalized spacial score (nSPS) is 27.0. The lowest BCUT2D eigenvalue weighted by atomic mass is 10.1. The molecule has 1 aromatic rings. The minimum Gasteiger partial charge on any atom is -0.316 e. The predicted molar refractivity (Wildman–Crippen MR) is 90.2 cm³/mol. The van der Waals surface area contributed by atoms with Crippen molar-refractivity contribution in [2.75, 3.05) is 16.4 Å². The Hall–Kier alpha value is -1.85. The average molecular weight is 349 g/mol. The second-order valence-corrected chi connectivity index (χ2v) is 8.99. The zero-order chi connectivity index (χ0) is 16.6. The number of rotatable bonds is 2. The number of fused-ring (bicyclic) bond motifs is 1. The molecule has 2 heterocycles. The molecule has 2 aliphatic rings. The highest BCUT2D eigenvalue weighted by molar-refractivity contribution is 8.16. The third kappa shape index (κ3) is 3.26. The number of amidine groups is 1. The van der Waals surface area contributed by atoms with Crippen LogP contribution in [0.5, 0.6) is 0 Å². The first kappa shape index (κ1) is 16.0. The Morgan fingerprint density at radius 1 is 1.39 bits per heavy atom. The molecule has 2 aliphatic heterocycles. The second-order valence-electron chi connectivity index (χ2n) is 5.63.